The second-order valence-electron chi connectivity index (χ2n) is 6.40. The van der Waals surface area contributed by atoms with Crippen LogP contribution in [-0.4, -0.2) is 51.0 Å². The molecule has 1 atom stereocenters. The molecule has 1 unspecified atom stereocenters. The lowest BCUT2D eigenvalue weighted by Gasteiger charge is -2.23. The van der Waals surface area contributed by atoms with E-state index < -0.39 is 5.60 Å². The Balaban J connectivity index is 1.43. The van der Waals surface area contributed by atoms with Gasteiger partial charge in [0.2, 0.25) is 5.91 Å². The van der Waals surface area contributed by atoms with Crippen molar-refractivity contribution in [3.63, 3.8) is 0 Å². The van der Waals surface area contributed by atoms with Crippen molar-refractivity contribution in [3.8, 4) is 5.75 Å². The summed E-state index contributed by atoms with van der Waals surface area (Å²) in [7, 11) is 0. The van der Waals surface area contributed by atoms with E-state index >= 15 is 0 Å². The van der Waals surface area contributed by atoms with Crippen LogP contribution < -0.4 is 4.74 Å². The molecule has 1 saturated heterocycles. The maximum Gasteiger partial charge on any atom is 0.222 e. The molecular formula is C18H22FN3O3. The van der Waals surface area contributed by atoms with Gasteiger partial charge in [0.15, 0.2) is 0 Å². The monoisotopic (exact) mass is 347 g/mol. The van der Waals surface area contributed by atoms with Crippen molar-refractivity contribution in [2.24, 2.45) is 0 Å². The van der Waals surface area contributed by atoms with Crippen molar-refractivity contribution in [1.29, 1.82) is 0 Å². The quantitative estimate of drug-likeness (QED) is 0.830. The van der Waals surface area contributed by atoms with Crippen molar-refractivity contribution < 1.29 is 19.0 Å². The van der Waals surface area contributed by atoms with Gasteiger partial charge in [-0.15, -0.1) is 0 Å². The van der Waals surface area contributed by atoms with E-state index in [2.05, 4.69) is 5.10 Å². The summed E-state index contributed by atoms with van der Waals surface area (Å²) in [6, 6.07) is 7.51. The van der Waals surface area contributed by atoms with Crippen LogP contribution >= 0.6 is 0 Å². The summed E-state index contributed by atoms with van der Waals surface area (Å²) >= 11 is 0. The highest BCUT2D eigenvalue weighted by Gasteiger charge is 2.38. The zero-order chi connectivity index (χ0) is 17.7. The predicted octanol–water partition coefficient (Wildman–Crippen LogP) is 1.84. The van der Waals surface area contributed by atoms with Crippen LogP contribution in [0.2, 0.25) is 0 Å². The number of amides is 1. The van der Waals surface area contributed by atoms with Crippen molar-refractivity contribution in [1.82, 2.24) is 14.7 Å². The predicted molar refractivity (Wildman–Crippen MR) is 89.5 cm³/mol. The van der Waals surface area contributed by atoms with Crippen LogP contribution in [0.5, 0.6) is 5.75 Å². The molecule has 0 spiro atoms. The van der Waals surface area contributed by atoms with Crippen LogP contribution in [0.3, 0.4) is 0 Å². The average Bonchev–Trinajstić information content (AvgIpc) is 3.25. The Labute approximate surface area is 145 Å². The lowest BCUT2D eigenvalue weighted by atomic mass is 10.1. The van der Waals surface area contributed by atoms with Gasteiger partial charge in [-0.1, -0.05) is 0 Å². The highest BCUT2D eigenvalue weighted by Crippen LogP contribution is 2.24. The summed E-state index contributed by atoms with van der Waals surface area (Å²) in [6.45, 7) is 1.55. The molecule has 1 N–H and O–H groups in total. The molecule has 7 heteroatoms. The Hall–Kier alpha value is -2.41. The van der Waals surface area contributed by atoms with Crippen LogP contribution in [0.25, 0.3) is 0 Å². The summed E-state index contributed by atoms with van der Waals surface area (Å²) in [5.74, 6) is 0.197. The third-order valence-corrected chi connectivity index (χ3v) is 4.34. The fourth-order valence-corrected chi connectivity index (χ4v) is 2.92. The Kier molecular flexibility index (Phi) is 5.33. The third-order valence-electron chi connectivity index (χ3n) is 4.34. The number of carbonyl (C=O) groups excluding carboxylic acids is 1. The van der Waals surface area contributed by atoms with E-state index in [0.29, 0.717) is 38.1 Å². The topological polar surface area (TPSA) is 67.6 Å². The normalized spacial score (nSPS) is 20.0. The summed E-state index contributed by atoms with van der Waals surface area (Å²) in [4.78, 5) is 14.0. The fraction of sp³-hybridized carbons (Fsp3) is 0.444. The van der Waals surface area contributed by atoms with Gasteiger partial charge in [0.1, 0.15) is 23.8 Å². The largest absolute Gasteiger partial charge is 0.491 e. The zero-order valence-corrected chi connectivity index (χ0v) is 14.0. The smallest absolute Gasteiger partial charge is 0.222 e. The molecule has 25 heavy (non-hydrogen) atoms. The number of nitrogens with zero attached hydrogens (tertiary/aromatic N) is 3. The third kappa shape index (κ3) is 4.79. The van der Waals surface area contributed by atoms with Crippen LogP contribution in [0.1, 0.15) is 19.3 Å². The molecule has 2 aromatic rings. The van der Waals surface area contributed by atoms with Crippen LogP contribution in [0, 0.1) is 5.82 Å². The second kappa shape index (κ2) is 7.65. The molecule has 0 bridgehead atoms. The minimum atomic E-state index is -1.06. The van der Waals surface area contributed by atoms with Crippen LogP contribution in [-0.2, 0) is 11.3 Å². The molecular weight excluding hydrogens is 325 g/mol. The lowest BCUT2D eigenvalue weighted by Crippen LogP contribution is -2.40. The summed E-state index contributed by atoms with van der Waals surface area (Å²) in [6.07, 6.45) is 5.19. The number of β-amino-alcohol motifs (C(OH)–C–C–N with tert-alkyl or cyclic N) is 1. The molecule has 1 aromatic heterocycles. The molecule has 1 aliphatic rings. The summed E-state index contributed by atoms with van der Waals surface area (Å²) in [5, 5.41) is 14.7. The number of hydrogen-bond donors (Lipinski definition) is 1. The van der Waals surface area contributed by atoms with E-state index in [9.17, 15) is 14.3 Å². The van der Waals surface area contributed by atoms with Gasteiger partial charge < -0.3 is 14.7 Å². The highest BCUT2D eigenvalue weighted by molar-refractivity contribution is 5.76. The number of hydrogen-bond acceptors (Lipinski definition) is 4. The molecule has 0 radical (unpaired) electrons. The second-order valence-corrected chi connectivity index (χ2v) is 6.40. The number of halogens is 1. The van der Waals surface area contributed by atoms with Crippen LogP contribution in [0.15, 0.2) is 42.7 Å². The summed E-state index contributed by atoms with van der Waals surface area (Å²) < 4.78 is 20.2. The average molecular weight is 347 g/mol. The molecule has 1 amide bonds. The first-order valence-electron chi connectivity index (χ1n) is 8.40. The molecule has 134 valence electrons. The number of aliphatic hydroxyl groups is 1. The Morgan fingerprint density at radius 3 is 2.88 bits per heavy atom. The van der Waals surface area contributed by atoms with E-state index in [1.165, 1.54) is 24.3 Å². The number of likely N-dealkylation sites (tertiary alicyclic amines) is 1. The van der Waals surface area contributed by atoms with E-state index in [-0.39, 0.29) is 24.9 Å². The van der Waals surface area contributed by atoms with E-state index in [0.717, 1.165) is 0 Å². The minimum Gasteiger partial charge on any atom is -0.491 e. The number of aryl methyl sites for hydroxylation is 1. The first-order valence-corrected chi connectivity index (χ1v) is 8.40. The fourth-order valence-electron chi connectivity index (χ4n) is 2.92. The van der Waals surface area contributed by atoms with Gasteiger partial charge >= 0.3 is 0 Å². The maximum atomic E-state index is 12.9. The first-order chi connectivity index (χ1) is 12.0. The number of ether oxygens (including phenoxy) is 1. The highest BCUT2D eigenvalue weighted by atomic mass is 19.1. The molecule has 1 aliphatic heterocycles. The number of benzene rings is 1. The van der Waals surface area contributed by atoms with Crippen molar-refractivity contribution in [2.45, 2.75) is 31.4 Å². The van der Waals surface area contributed by atoms with E-state index in [1.807, 2.05) is 12.3 Å². The first kappa shape index (κ1) is 17.4. The molecule has 2 heterocycles. The van der Waals surface area contributed by atoms with Crippen molar-refractivity contribution in [3.05, 3.63) is 48.5 Å². The minimum absolute atomic E-state index is 0.0323. The van der Waals surface area contributed by atoms with Gasteiger partial charge in [0, 0.05) is 31.9 Å². The van der Waals surface area contributed by atoms with E-state index in [1.54, 1.807) is 15.8 Å². The van der Waals surface area contributed by atoms with Gasteiger partial charge in [-0.3, -0.25) is 9.48 Å². The van der Waals surface area contributed by atoms with Gasteiger partial charge in [-0.25, -0.2) is 4.39 Å². The van der Waals surface area contributed by atoms with Crippen molar-refractivity contribution in [2.75, 3.05) is 19.7 Å². The summed E-state index contributed by atoms with van der Waals surface area (Å²) in [5.41, 5.74) is -1.06. The maximum absolute atomic E-state index is 12.9. The zero-order valence-electron chi connectivity index (χ0n) is 14.0. The number of rotatable bonds is 7. The van der Waals surface area contributed by atoms with E-state index in [4.69, 9.17) is 4.74 Å². The van der Waals surface area contributed by atoms with Crippen LogP contribution in [0.4, 0.5) is 4.39 Å². The van der Waals surface area contributed by atoms with Gasteiger partial charge in [0.25, 0.3) is 0 Å². The lowest BCUT2D eigenvalue weighted by molar-refractivity contribution is -0.131. The van der Waals surface area contributed by atoms with Gasteiger partial charge in [-0.2, -0.15) is 5.10 Å². The standard InChI is InChI=1S/C18H22FN3O3/c19-15-4-6-16(7-5-15)25-14-18(24)8-12-21(13-18)17(23)3-1-10-22-11-2-9-20-22/h2,4-7,9,11,24H,1,3,8,10,12-14H2. The molecule has 0 saturated carbocycles. The van der Waals surface area contributed by atoms with Crippen molar-refractivity contribution >= 4 is 5.91 Å². The molecule has 3 rings (SSSR count). The molecule has 6 nitrogen and oxygen atoms in total. The molecule has 1 aromatic carbocycles. The Morgan fingerprint density at radius 1 is 1.36 bits per heavy atom. The number of aromatic nitrogens is 2. The molecule has 1 fully saturated rings. The Bertz CT molecular complexity index is 690. The van der Waals surface area contributed by atoms with Gasteiger partial charge in [0.05, 0.1) is 6.54 Å². The van der Waals surface area contributed by atoms with Gasteiger partial charge in [-0.05, 0) is 43.2 Å². The molecule has 0 aliphatic carbocycles. The number of carbonyl (C=O) groups is 1. The Morgan fingerprint density at radius 2 is 2.16 bits per heavy atom. The SMILES string of the molecule is O=C(CCCn1cccn1)N1CCC(O)(COc2ccc(F)cc2)C1.